The SMILES string of the molecule is CCNC(CN1CCN(CC2CC2)CC1)C1CCCCC1. The molecule has 1 N–H and O–H groups in total. The Morgan fingerprint density at radius 3 is 2.19 bits per heavy atom. The second-order valence-electron chi connectivity index (χ2n) is 7.61. The highest BCUT2D eigenvalue weighted by molar-refractivity contribution is 4.85. The number of piperazine rings is 1. The lowest BCUT2D eigenvalue weighted by atomic mass is 9.83. The molecule has 2 saturated carbocycles. The summed E-state index contributed by atoms with van der Waals surface area (Å²) in [6, 6.07) is 0.741. The van der Waals surface area contributed by atoms with Gasteiger partial charge >= 0.3 is 0 Å². The number of rotatable bonds is 7. The van der Waals surface area contributed by atoms with E-state index in [4.69, 9.17) is 0 Å². The first kappa shape index (κ1) is 15.8. The van der Waals surface area contributed by atoms with Gasteiger partial charge in [-0.1, -0.05) is 26.2 Å². The van der Waals surface area contributed by atoms with Gasteiger partial charge in [-0.3, -0.25) is 4.90 Å². The fourth-order valence-electron chi connectivity index (χ4n) is 4.28. The Morgan fingerprint density at radius 2 is 1.57 bits per heavy atom. The van der Waals surface area contributed by atoms with E-state index < -0.39 is 0 Å². The number of likely N-dealkylation sites (N-methyl/N-ethyl adjacent to an activating group) is 1. The highest BCUT2D eigenvalue weighted by Gasteiger charge is 2.29. The van der Waals surface area contributed by atoms with Crippen molar-refractivity contribution in [3.63, 3.8) is 0 Å². The average Bonchev–Trinajstić information content (AvgIpc) is 3.34. The standard InChI is InChI=1S/C18H35N3/c1-2-19-18(17-6-4-3-5-7-17)15-21-12-10-20(11-13-21)14-16-8-9-16/h16-19H,2-15H2,1H3. The summed E-state index contributed by atoms with van der Waals surface area (Å²) in [6.45, 7) is 11.3. The van der Waals surface area contributed by atoms with E-state index in [1.807, 2.05) is 0 Å². The smallest absolute Gasteiger partial charge is 0.0223 e. The van der Waals surface area contributed by atoms with Gasteiger partial charge in [0.25, 0.3) is 0 Å². The van der Waals surface area contributed by atoms with E-state index in [0.29, 0.717) is 0 Å². The van der Waals surface area contributed by atoms with Crippen LogP contribution in [0.15, 0.2) is 0 Å². The predicted molar refractivity (Wildman–Crippen MR) is 89.6 cm³/mol. The van der Waals surface area contributed by atoms with Crippen molar-refractivity contribution in [2.45, 2.75) is 57.9 Å². The van der Waals surface area contributed by atoms with Gasteiger partial charge in [-0.15, -0.1) is 0 Å². The number of hydrogen-bond donors (Lipinski definition) is 1. The third-order valence-corrected chi connectivity index (χ3v) is 5.82. The summed E-state index contributed by atoms with van der Waals surface area (Å²) in [4.78, 5) is 5.43. The summed E-state index contributed by atoms with van der Waals surface area (Å²) in [5, 5.41) is 3.80. The molecule has 3 nitrogen and oxygen atoms in total. The second-order valence-corrected chi connectivity index (χ2v) is 7.61. The average molecular weight is 293 g/mol. The Bertz CT molecular complexity index is 289. The number of nitrogens with one attached hydrogen (secondary N) is 1. The van der Waals surface area contributed by atoms with Crippen molar-refractivity contribution in [3.8, 4) is 0 Å². The molecule has 3 rings (SSSR count). The molecule has 0 aromatic rings. The zero-order chi connectivity index (χ0) is 14.5. The minimum atomic E-state index is 0.741. The van der Waals surface area contributed by atoms with Crippen molar-refractivity contribution >= 4 is 0 Å². The normalized spacial score (nSPS) is 27.9. The van der Waals surface area contributed by atoms with Gasteiger partial charge in [0, 0.05) is 45.3 Å². The highest BCUT2D eigenvalue weighted by atomic mass is 15.3. The van der Waals surface area contributed by atoms with Crippen LogP contribution in [0.3, 0.4) is 0 Å². The van der Waals surface area contributed by atoms with Crippen LogP contribution in [-0.4, -0.2) is 61.7 Å². The molecule has 0 bridgehead atoms. The maximum absolute atomic E-state index is 3.80. The summed E-state index contributed by atoms with van der Waals surface area (Å²) < 4.78 is 0. The molecule has 0 radical (unpaired) electrons. The van der Waals surface area contributed by atoms with E-state index >= 15 is 0 Å². The molecular weight excluding hydrogens is 258 g/mol. The van der Waals surface area contributed by atoms with E-state index in [1.54, 1.807) is 0 Å². The second kappa shape index (κ2) is 7.94. The summed E-state index contributed by atoms with van der Waals surface area (Å²) in [6.07, 6.45) is 10.3. The summed E-state index contributed by atoms with van der Waals surface area (Å²) in [7, 11) is 0. The molecule has 3 fully saturated rings. The Morgan fingerprint density at radius 1 is 0.905 bits per heavy atom. The third kappa shape index (κ3) is 4.94. The van der Waals surface area contributed by atoms with Crippen LogP contribution in [0, 0.1) is 11.8 Å². The Labute approximate surface area is 131 Å². The van der Waals surface area contributed by atoms with Crippen molar-refractivity contribution in [1.29, 1.82) is 0 Å². The molecule has 0 amide bonds. The van der Waals surface area contributed by atoms with Gasteiger partial charge in [0.15, 0.2) is 0 Å². The van der Waals surface area contributed by atoms with Crippen LogP contribution in [-0.2, 0) is 0 Å². The van der Waals surface area contributed by atoms with Crippen molar-refractivity contribution in [2.75, 3.05) is 45.8 Å². The van der Waals surface area contributed by atoms with Gasteiger partial charge in [-0.25, -0.2) is 0 Å². The third-order valence-electron chi connectivity index (χ3n) is 5.82. The minimum absolute atomic E-state index is 0.741. The fraction of sp³-hybridized carbons (Fsp3) is 1.00. The molecule has 3 heteroatoms. The van der Waals surface area contributed by atoms with Crippen LogP contribution in [0.1, 0.15) is 51.9 Å². The van der Waals surface area contributed by atoms with Gasteiger partial charge in [0.05, 0.1) is 0 Å². The van der Waals surface area contributed by atoms with E-state index in [-0.39, 0.29) is 0 Å². The largest absolute Gasteiger partial charge is 0.313 e. The first-order valence-corrected chi connectivity index (χ1v) is 9.53. The molecule has 1 heterocycles. The van der Waals surface area contributed by atoms with Crippen LogP contribution < -0.4 is 5.32 Å². The highest BCUT2D eigenvalue weighted by Crippen LogP contribution is 2.30. The molecular formula is C18H35N3. The van der Waals surface area contributed by atoms with E-state index in [2.05, 4.69) is 22.0 Å². The monoisotopic (exact) mass is 293 g/mol. The number of nitrogens with zero attached hydrogens (tertiary/aromatic N) is 2. The molecule has 2 aliphatic carbocycles. The fourth-order valence-corrected chi connectivity index (χ4v) is 4.28. The van der Waals surface area contributed by atoms with Gasteiger partial charge in [0.2, 0.25) is 0 Å². The molecule has 21 heavy (non-hydrogen) atoms. The molecule has 1 atom stereocenters. The Hall–Kier alpha value is -0.120. The van der Waals surface area contributed by atoms with Crippen LogP contribution >= 0.6 is 0 Å². The summed E-state index contributed by atoms with van der Waals surface area (Å²) in [5.41, 5.74) is 0. The van der Waals surface area contributed by atoms with Gasteiger partial charge < -0.3 is 10.2 Å². The molecule has 1 aliphatic heterocycles. The lowest BCUT2D eigenvalue weighted by Crippen LogP contribution is -2.52. The summed E-state index contributed by atoms with van der Waals surface area (Å²) >= 11 is 0. The lowest BCUT2D eigenvalue weighted by molar-refractivity contribution is 0.105. The Balaban J connectivity index is 1.42. The molecule has 1 saturated heterocycles. The summed E-state index contributed by atoms with van der Waals surface area (Å²) in [5.74, 6) is 1.98. The minimum Gasteiger partial charge on any atom is -0.313 e. The van der Waals surface area contributed by atoms with E-state index in [0.717, 1.165) is 24.4 Å². The van der Waals surface area contributed by atoms with Crippen molar-refractivity contribution < 1.29 is 0 Å². The van der Waals surface area contributed by atoms with Crippen LogP contribution in [0.25, 0.3) is 0 Å². The molecule has 3 aliphatic rings. The van der Waals surface area contributed by atoms with Crippen molar-refractivity contribution in [1.82, 2.24) is 15.1 Å². The van der Waals surface area contributed by atoms with Crippen LogP contribution in [0.2, 0.25) is 0 Å². The Kier molecular flexibility index (Phi) is 5.96. The van der Waals surface area contributed by atoms with Gasteiger partial charge in [-0.2, -0.15) is 0 Å². The van der Waals surface area contributed by atoms with Crippen LogP contribution in [0.4, 0.5) is 0 Å². The van der Waals surface area contributed by atoms with Gasteiger partial charge in [0.1, 0.15) is 0 Å². The first-order chi connectivity index (χ1) is 10.3. The molecule has 0 spiro atoms. The van der Waals surface area contributed by atoms with Crippen molar-refractivity contribution in [2.24, 2.45) is 11.8 Å². The molecule has 122 valence electrons. The zero-order valence-corrected chi connectivity index (χ0v) is 14.0. The maximum Gasteiger partial charge on any atom is 0.0223 e. The quantitative estimate of drug-likeness (QED) is 0.778. The van der Waals surface area contributed by atoms with Crippen molar-refractivity contribution in [3.05, 3.63) is 0 Å². The van der Waals surface area contributed by atoms with Gasteiger partial charge in [-0.05, 0) is 44.1 Å². The maximum atomic E-state index is 3.80. The first-order valence-electron chi connectivity index (χ1n) is 9.53. The molecule has 0 aromatic carbocycles. The number of hydrogen-bond acceptors (Lipinski definition) is 3. The molecule has 0 aromatic heterocycles. The zero-order valence-electron chi connectivity index (χ0n) is 14.0. The topological polar surface area (TPSA) is 18.5 Å². The van der Waals surface area contributed by atoms with E-state index in [1.165, 1.54) is 84.2 Å². The predicted octanol–water partition coefficient (Wildman–Crippen LogP) is 2.57. The lowest BCUT2D eigenvalue weighted by Gasteiger charge is -2.39. The molecule has 1 unspecified atom stereocenters. The van der Waals surface area contributed by atoms with Crippen LogP contribution in [0.5, 0.6) is 0 Å². The van der Waals surface area contributed by atoms with E-state index in [9.17, 15) is 0 Å².